The van der Waals surface area contributed by atoms with Gasteiger partial charge in [0.15, 0.2) is 11.4 Å². The van der Waals surface area contributed by atoms with Crippen LogP contribution in [0.5, 0.6) is 0 Å². The van der Waals surface area contributed by atoms with E-state index in [0.717, 1.165) is 25.9 Å². The second-order valence-electron chi connectivity index (χ2n) is 5.22. The number of tetrazole rings is 1. The lowest BCUT2D eigenvalue weighted by Crippen LogP contribution is -2.43. The lowest BCUT2D eigenvalue weighted by molar-refractivity contribution is -0.148. The highest BCUT2D eigenvalue weighted by Gasteiger charge is 2.40. The number of hydrogen-bond donors (Lipinski definition) is 1. The molecule has 7 heteroatoms. The summed E-state index contributed by atoms with van der Waals surface area (Å²) in [5.41, 5.74) is -1.05. The van der Waals surface area contributed by atoms with Gasteiger partial charge in [-0.25, -0.2) is 9.48 Å². The lowest BCUT2D eigenvalue weighted by atomic mass is 9.93. The maximum Gasteiger partial charge on any atom is 0.331 e. The number of rotatable bonds is 7. The summed E-state index contributed by atoms with van der Waals surface area (Å²) in [5, 5.41) is 21.2. The smallest absolute Gasteiger partial charge is 0.331 e. The number of hydrogen-bond acceptors (Lipinski definition) is 5. The van der Waals surface area contributed by atoms with Gasteiger partial charge >= 0.3 is 5.97 Å². The molecule has 0 aromatic carbocycles. The van der Waals surface area contributed by atoms with Crippen molar-refractivity contribution in [3.63, 3.8) is 0 Å². The van der Waals surface area contributed by atoms with Crippen molar-refractivity contribution in [2.24, 2.45) is 0 Å². The zero-order valence-electron chi connectivity index (χ0n) is 12.1. The number of aryl methyl sites for hydroxylation is 1. The highest BCUT2D eigenvalue weighted by atomic mass is 16.5. The van der Waals surface area contributed by atoms with Crippen LogP contribution in [-0.4, -0.2) is 44.0 Å². The number of carbonyl (C=O) groups is 1. The molecule has 1 aromatic heterocycles. The number of nitrogens with zero attached hydrogens (tertiary/aromatic N) is 4. The molecule has 1 fully saturated rings. The van der Waals surface area contributed by atoms with Crippen LogP contribution in [-0.2, 0) is 21.5 Å². The fraction of sp³-hybridized carbons (Fsp3) is 0.846. The minimum absolute atomic E-state index is 0.252. The average Bonchev–Trinajstić information content (AvgIpc) is 3.09. The van der Waals surface area contributed by atoms with Gasteiger partial charge in [-0.05, 0) is 42.5 Å². The van der Waals surface area contributed by atoms with Crippen LogP contribution in [0.4, 0.5) is 0 Å². The molecule has 2 heterocycles. The molecule has 0 spiro atoms. The molecular formula is C13H22N4O3. The first kappa shape index (κ1) is 14.9. The summed E-state index contributed by atoms with van der Waals surface area (Å²) in [5.74, 6) is -0.250. The third-order valence-electron chi connectivity index (χ3n) is 4.22. The van der Waals surface area contributed by atoms with Crippen LogP contribution >= 0.6 is 0 Å². The van der Waals surface area contributed by atoms with Crippen LogP contribution in [0.15, 0.2) is 0 Å². The van der Waals surface area contributed by atoms with Crippen molar-refractivity contribution >= 4 is 5.97 Å². The normalized spacial score (nSPS) is 19.4. The van der Waals surface area contributed by atoms with Gasteiger partial charge in [0, 0.05) is 13.0 Å². The number of carboxylic acid groups (broad SMARTS) is 1. The highest BCUT2D eigenvalue weighted by Crippen LogP contribution is 2.26. The number of aliphatic carboxylic acids is 1. The van der Waals surface area contributed by atoms with Gasteiger partial charge in [-0.15, -0.1) is 5.10 Å². The topological polar surface area (TPSA) is 90.1 Å². The van der Waals surface area contributed by atoms with E-state index in [0.29, 0.717) is 25.1 Å². The first-order valence-corrected chi connectivity index (χ1v) is 7.26. The Bertz CT molecular complexity index is 450. The average molecular weight is 282 g/mol. The second kappa shape index (κ2) is 6.30. The molecule has 0 bridgehead atoms. The van der Waals surface area contributed by atoms with Crippen LogP contribution in [0, 0.1) is 0 Å². The Kier molecular flexibility index (Phi) is 4.69. The molecule has 20 heavy (non-hydrogen) atoms. The maximum absolute atomic E-state index is 11.7. The van der Waals surface area contributed by atoms with Crippen molar-refractivity contribution in [1.29, 1.82) is 0 Å². The molecule has 1 aliphatic heterocycles. The van der Waals surface area contributed by atoms with E-state index in [1.807, 2.05) is 13.8 Å². The second-order valence-corrected chi connectivity index (χ2v) is 5.22. The molecule has 112 valence electrons. The van der Waals surface area contributed by atoms with Crippen LogP contribution in [0.25, 0.3) is 0 Å². The monoisotopic (exact) mass is 282 g/mol. The van der Waals surface area contributed by atoms with Gasteiger partial charge in [0.2, 0.25) is 0 Å². The molecule has 0 aliphatic carbocycles. The van der Waals surface area contributed by atoms with Crippen molar-refractivity contribution in [2.45, 2.75) is 64.0 Å². The maximum atomic E-state index is 11.7. The molecule has 1 aromatic rings. The van der Waals surface area contributed by atoms with Crippen LogP contribution in [0.1, 0.15) is 51.8 Å². The van der Waals surface area contributed by atoms with Gasteiger partial charge in [-0.3, -0.25) is 0 Å². The van der Waals surface area contributed by atoms with E-state index in [9.17, 15) is 9.90 Å². The Balaban J connectivity index is 2.15. The van der Waals surface area contributed by atoms with E-state index in [1.54, 1.807) is 0 Å². The molecule has 1 unspecified atom stereocenters. The molecule has 0 radical (unpaired) electrons. The highest BCUT2D eigenvalue weighted by molar-refractivity contribution is 5.76. The molecule has 2 rings (SSSR count). The van der Waals surface area contributed by atoms with Crippen molar-refractivity contribution < 1.29 is 14.6 Å². The van der Waals surface area contributed by atoms with Crippen LogP contribution in [0.2, 0.25) is 0 Å². The summed E-state index contributed by atoms with van der Waals surface area (Å²) in [6.07, 6.45) is 4.80. The molecule has 1 atom stereocenters. The van der Waals surface area contributed by atoms with E-state index in [1.165, 1.54) is 4.68 Å². The van der Waals surface area contributed by atoms with E-state index in [2.05, 4.69) is 15.5 Å². The lowest BCUT2D eigenvalue weighted by Gasteiger charge is -2.27. The SMILES string of the molecule is CCC(CC)(C(=O)O)n1nnnc1CCC1CCCO1. The predicted molar refractivity (Wildman–Crippen MR) is 71.3 cm³/mol. The van der Waals surface area contributed by atoms with Crippen molar-refractivity contribution in [1.82, 2.24) is 20.2 Å². The Morgan fingerprint density at radius 2 is 2.25 bits per heavy atom. The first-order valence-electron chi connectivity index (χ1n) is 7.26. The third-order valence-corrected chi connectivity index (χ3v) is 4.22. The Hall–Kier alpha value is -1.50. The zero-order valence-corrected chi connectivity index (χ0v) is 12.1. The zero-order chi connectivity index (χ0) is 14.6. The van der Waals surface area contributed by atoms with Gasteiger partial charge < -0.3 is 9.84 Å². The van der Waals surface area contributed by atoms with Crippen LogP contribution < -0.4 is 0 Å². The Morgan fingerprint density at radius 3 is 2.80 bits per heavy atom. The first-order chi connectivity index (χ1) is 9.64. The standard InChI is InChI=1S/C13H22N4O3/c1-3-13(4-2,12(18)19)17-11(14-15-16-17)8-7-10-6-5-9-20-10/h10H,3-9H2,1-2H3,(H,18,19). The predicted octanol–water partition coefficient (Wildman–Crippen LogP) is 1.38. The van der Waals surface area contributed by atoms with Gasteiger partial charge in [0.25, 0.3) is 0 Å². The fourth-order valence-corrected chi connectivity index (χ4v) is 2.80. The van der Waals surface area contributed by atoms with Gasteiger partial charge in [0.05, 0.1) is 6.10 Å². The Labute approximate surface area is 118 Å². The van der Waals surface area contributed by atoms with Gasteiger partial charge in [-0.2, -0.15) is 0 Å². The molecule has 0 saturated carbocycles. The third kappa shape index (κ3) is 2.67. The van der Waals surface area contributed by atoms with Crippen molar-refractivity contribution in [3.8, 4) is 0 Å². The molecule has 1 N–H and O–H groups in total. The summed E-state index contributed by atoms with van der Waals surface area (Å²) in [6.45, 7) is 4.52. The Morgan fingerprint density at radius 1 is 1.50 bits per heavy atom. The molecule has 7 nitrogen and oxygen atoms in total. The summed E-state index contributed by atoms with van der Waals surface area (Å²) < 4.78 is 7.07. The largest absolute Gasteiger partial charge is 0.479 e. The van der Waals surface area contributed by atoms with E-state index < -0.39 is 11.5 Å². The van der Waals surface area contributed by atoms with Crippen molar-refractivity contribution in [2.75, 3.05) is 6.61 Å². The number of ether oxygens (including phenoxy) is 1. The van der Waals surface area contributed by atoms with E-state index in [4.69, 9.17) is 4.74 Å². The molecule has 0 amide bonds. The quantitative estimate of drug-likeness (QED) is 0.812. The van der Waals surface area contributed by atoms with Gasteiger partial charge in [-0.1, -0.05) is 13.8 Å². The summed E-state index contributed by atoms with van der Waals surface area (Å²) in [4.78, 5) is 11.7. The molecule has 1 aliphatic rings. The summed E-state index contributed by atoms with van der Waals surface area (Å²) in [7, 11) is 0. The minimum atomic E-state index is -1.05. The summed E-state index contributed by atoms with van der Waals surface area (Å²) in [6, 6.07) is 0. The van der Waals surface area contributed by atoms with Crippen molar-refractivity contribution in [3.05, 3.63) is 5.82 Å². The summed E-state index contributed by atoms with van der Waals surface area (Å²) >= 11 is 0. The minimum Gasteiger partial charge on any atom is -0.479 e. The molecular weight excluding hydrogens is 260 g/mol. The number of carboxylic acids is 1. The number of aromatic nitrogens is 4. The van der Waals surface area contributed by atoms with Crippen LogP contribution in [0.3, 0.4) is 0 Å². The van der Waals surface area contributed by atoms with E-state index in [-0.39, 0.29) is 6.10 Å². The molecule has 1 saturated heterocycles. The van der Waals surface area contributed by atoms with E-state index >= 15 is 0 Å². The fourth-order valence-electron chi connectivity index (χ4n) is 2.80. The van der Waals surface area contributed by atoms with Gasteiger partial charge in [0.1, 0.15) is 0 Å².